The Kier molecular flexibility index (Phi) is 3.84. The molecule has 2 aromatic rings. The van der Waals surface area contributed by atoms with E-state index in [2.05, 4.69) is 15.9 Å². The third-order valence-electron chi connectivity index (χ3n) is 4.26. The van der Waals surface area contributed by atoms with E-state index < -0.39 is 5.97 Å². The highest BCUT2D eigenvalue weighted by molar-refractivity contribution is 9.10. The number of rotatable bonds is 3. The molecule has 1 N–H and O–H groups in total. The van der Waals surface area contributed by atoms with Gasteiger partial charge in [-0.3, -0.25) is 4.79 Å². The minimum atomic E-state index is -0.832. The maximum absolute atomic E-state index is 11.0. The molecule has 5 nitrogen and oxygen atoms in total. The average Bonchev–Trinajstić information content (AvgIpc) is 2.93. The Morgan fingerprint density at radius 1 is 1.12 bits per heavy atom. The van der Waals surface area contributed by atoms with Crippen LogP contribution in [0.4, 0.5) is 0 Å². The number of ether oxygens (including phenoxy) is 3. The molecule has 0 radical (unpaired) electrons. The summed E-state index contributed by atoms with van der Waals surface area (Å²) in [6, 6.07) is 11.6. The van der Waals surface area contributed by atoms with Crippen molar-refractivity contribution in [1.29, 1.82) is 0 Å². The molecule has 0 saturated carbocycles. The Labute approximate surface area is 147 Å². The molecule has 24 heavy (non-hydrogen) atoms. The molecule has 6 heteroatoms. The largest absolute Gasteiger partial charge is 0.492 e. The molecule has 0 bridgehead atoms. The third-order valence-corrected chi connectivity index (χ3v) is 4.75. The van der Waals surface area contributed by atoms with Gasteiger partial charge >= 0.3 is 5.97 Å². The molecule has 2 aliphatic heterocycles. The molecule has 0 fully saturated rings. The Hall–Kier alpha value is -2.21. The molecule has 2 atom stereocenters. The van der Waals surface area contributed by atoms with Crippen LogP contribution in [0.15, 0.2) is 40.9 Å². The first kappa shape index (κ1) is 15.3. The second-order valence-corrected chi connectivity index (χ2v) is 6.83. The van der Waals surface area contributed by atoms with Gasteiger partial charge in [0.2, 0.25) is 0 Å². The molecule has 0 amide bonds. The van der Waals surface area contributed by atoms with Crippen molar-refractivity contribution in [3.8, 4) is 17.2 Å². The van der Waals surface area contributed by atoms with Crippen molar-refractivity contribution >= 4 is 21.9 Å². The summed E-state index contributed by atoms with van der Waals surface area (Å²) in [5.74, 6) is 0.968. The Morgan fingerprint density at radius 3 is 2.75 bits per heavy atom. The van der Waals surface area contributed by atoms with Crippen LogP contribution in [0.3, 0.4) is 0 Å². The molecule has 2 heterocycles. The minimum Gasteiger partial charge on any atom is -0.492 e. The number of benzene rings is 2. The van der Waals surface area contributed by atoms with Crippen molar-refractivity contribution < 1.29 is 24.1 Å². The molecule has 2 aromatic carbocycles. The van der Waals surface area contributed by atoms with Crippen LogP contribution in [0.5, 0.6) is 17.2 Å². The van der Waals surface area contributed by atoms with Crippen LogP contribution in [0.2, 0.25) is 0 Å². The predicted octanol–water partition coefficient (Wildman–Crippen LogP) is 3.91. The van der Waals surface area contributed by atoms with Crippen LogP contribution >= 0.6 is 15.9 Å². The Morgan fingerprint density at radius 2 is 1.96 bits per heavy atom. The summed E-state index contributed by atoms with van der Waals surface area (Å²) >= 11 is 3.46. The van der Waals surface area contributed by atoms with Crippen molar-refractivity contribution in [2.24, 2.45) is 0 Å². The van der Waals surface area contributed by atoms with Gasteiger partial charge in [-0.15, -0.1) is 0 Å². The summed E-state index contributed by atoms with van der Waals surface area (Å²) in [4.78, 5) is 11.0. The summed E-state index contributed by atoms with van der Waals surface area (Å²) in [5.41, 5.74) is 1.90. The zero-order valence-corrected chi connectivity index (χ0v) is 14.3. The number of hydrogen-bond donors (Lipinski definition) is 1. The first-order valence-corrected chi connectivity index (χ1v) is 8.47. The minimum absolute atomic E-state index is 0.0489. The zero-order valence-electron chi connectivity index (χ0n) is 12.7. The smallest absolute Gasteiger partial charge is 0.304 e. The van der Waals surface area contributed by atoms with E-state index in [-0.39, 0.29) is 18.4 Å². The Bertz CT molecular complexity index is 804. The van der Waals surface area contributed by atoms with Gasteiger partial charge in [-0.1, -0.05) is 28.1 Å². The van der Waals surface area contributed by atoms with Crippen LogP contribution in [0, 0.1) is 0 Å². The quantitative estimate of drug-likeness (QED) is 0.860. The summed E-state index contributed by atoms with van der Waals surface area (Å²) in [6.07, 6.45) is -0.142. The number of aliphatic carboxylic acids is 1. The molecule has 4 rings (SSSR count). The van der Waals surface area contributed by atoms with E-state index in [1.165, 1.54) is 0 Å². The maximum atomic E-state index is 11.0. The SMILES string of the molecule is O=C(O)C[C@@H]1COc2cc3c(cc21)OCC(c1cccc(Br)c1)O3. The highest BCUT2D eigenvalue weighted by Crippen LogP contribution is 2.46. The lowest BCUT2D eigenvalue weighted by Crippen LogP contribution is -2.21. The maximum Gasteiger partial charge on any atom is 0.304 e. The van der Waals surface area contributed by atoms with Crippen LogP contribution in [-0.4, -0.2) is 24.3 Å². The van der Waals surface area contributed by atoms with Crippen LogP contribution in [0.1, 0.15) is 29.6 Å². The lowest BCUT2D eigenvalue weighted by Gasteiger charge is -2.27. The lowest BCUT2D eigenvalue weighted by atomic mass is 9.97. The summed E-state index contributed by atoms with van der Waals surface area (Å²) < 4.78 is 18.6. The number of carboxylic acids is 1. The van der Waals surface area contributed by atoms with Crippen molar-refractivity contribution in [3.05, 3.63) is 52.0 Å². The van der Waals surface area contributed by atoms with Gasteiger partial charge in [-0.05, 0) is 23.8 Å². The van der Waals surface area contributed by atoms with Crippen molar-refractivity contribution in [2.45, 2.75) is 18.4 Å². The van der Waals surface area contributed by atoms with Gasteiger partial charge in [0.25, 0.3) is 0 Å². The second kappa shape index (κ2) is 6.02. The van der Waals surface area contributed by atoms with Crippen molar-refractivity contribution in [3.63, 3.8) is 0 Å². The van der Waals surface area contributed by atoms with Gasteiger partial charge in [-0.2, -0.15) is 0 Å². The van der Waals surface area contributed by atoms with Gasteiger partial charge in [0.15, 0.2) is 17.6 Å². The van der Waals surface area contributed by atoms with Gasteiger partial charge in [0.05, 0.1) is 13.0 Å². The predicted molar refractivity (Wildman–Crippen MR) is 89.9 cm³/mol. The van der Waals surface area contributed by atoms with Gasteiger partial charge < -0.3 is 19.3 Å². The van der Waals surface area contributed by atoms with Crippen molar-refractivity contribution in [2.75, 3.05) is 13.2 Å². The van der Waals surface area contributed by atoms with E-state index in [0.717, 1.165) is 15.6 Å². The second-order valence-electron chi connectivity index (χ2n) is 5.92. The fourth-order valence-electron chi connectivity index (χ4n) is 3.09. The number of halogens is 1. The van der Waals surface area contributed by atoms with Crippen molar-refractivity contribution in [1.82, 2.24) is 0 Å². The zero-order chi connectivity index (χ0) is 16.7. The Balaban J connectivity index is 1.61. The number of carbonyl (C=O) groups is 1. The number of carboxylic acid groups (broad SMARTS) is 1. The summed E-state index contributed by atoms with van der Waals surface area (Å²) in [6.45, 7) is 0.784. The van der Waals surface area contributed by atoms with Crippen LogP contribution < -0.4 is 14.2 Å². The van der Waals surface area contributed by atoms with Gasteiger partial charge in [-0.25, -0.2) is 0 Å². The highest BCUT2D eigenvalue weighted by Gasteiger charge is 2.31. The van der Waals surface area contributed by atoms with E-state index in [0.29, 0.717) is 30.5 Å². The molecular formula is C18H15BrO5. The van der Waals surface area contributed by atoms with Gasteiger partial charge in [0, 0.05) is 22.0 Å². The fraction of sp³-hybridized carbons (Fsp3) is 0.278. The topological polar surface area (TPSA) is 65.0 Å². The first-order valence-electron chi connectivity index (χ1n) is 7.67. The lowest BCUT2D eigenvalue weighted by molar-refractivity contribution is -0.137. The van der Waals surface area contributed by atoms with E-state index in [1.54, 1.807) is 6.07 Å². The number of hydrogen-bond acceptors (Lipinski definition) is 4. The van der Waals surface area contributed by atoms with E-state index in [9.17, 15) is 4.79 Å². The molecule has 0 aliphatic carbocycles. The third kappa shape index (κ3) is 2.82. The summed E-state index contributed by atoms with van der Waals surface area (Å²) in [5, 5.41) is 9.01. The summed E-state index contributed by atoms with van der Waals surface area (Å²) in [7, 11) is 0. The van der Waals surface area contributed by atoms with E-state index >= 15 is 0 Å². The molecule has 1 unspecified atom stereocenters. The van der Waals surface area contributed by atoms with Crippen LogP contribution in [-0.2, 0) is 4.79 Å². The normalized spacial score (nSPS) is 21.0. The molecule has 124 valence electrons. The highest BCUT2D eigenvalue weighted by atomic mass is 79.9. The van der Waals surface area contributed by atoms with Crippen LogP contribution in [0.25, 0.3) is 0 Å². The first-order chi connectivity index (χ1) is 11.6. The molecule has 2 aliphatic rings. The van der Waals surface area contributed by atoms with E-state index in [4.69, 9.17) is 19.3 Å². The van der Waals surface area contributed by atoms with E-state index in [1.807, 2.05) is 30.3 Å². The molecular weight excluding hydrogens is 376 g/mol. The molecule has 0 spiro atoms. The molecule has 0 saturated heterocycles. The standard InChI is InChI=1S/C18H15BrO5/c19-12-3-1-2-10(4-12)17-9-23-15-6-13-11(5-18(20)21)8-22-14(13)7-16(15)24-17/h1-4,6-7,11,17H,5,8-9H2,(H,20,21)/t11-,17?/m1/s1. The average molecular weight is 391 g/mol. The monoisotopic (exact) mass is 390 g/mol. The van der Waals surface area contributed by atoms with Gasteiger partial charge in [0.1, 0.15) is 12.4 Å². The fourth-order valence-corrected chi connectivity index (χ4v) is 3.51. The number of fused-ring (bicyclic) bond motifs is 2. The molecule has 0 aromatic heterocycles.